The number of hydrogen-bond acceptors (Lipinski definition) is 2. The van der Waals surface area contributed by atoms with E-state index in [1.807, 2.05) is 38.1 Å². The van der Waals surface area contributed by atoms with Crippen molar-refractivity contribution in [1.82, 2.24) is 10.2 Å². The van der Waals surface area contributed by atoms with Gasteiger partial charge >= 0.3 is 0 Å². The number of carbonyl (C=O) groups excluding carboxylic acids is 2. The van der Waals surface area contributed by atoms with Crippen molar-refractivity contribution >= 4 is 23.4 Å². The highest BCUT2D eigenvalue weighted by Crippen LogP contribution is 2.21. The Morgan fingerprint density at radius 1 is 1.03 bits per heavy atom. The van der Waals surface area contributed by atoms with Crippen molar-refractivity contribution in [2.24, 2.45) is 0 Å². The molecule has 1 atom stereocenters. The average molecular weight is 443 g/mol. The van der Waals surface area contributed by atoms with Crippen LogP contribution in [0.25, 0.3) is 0 Å². The molecule has 168 valence electrons. The largest absolute Gasteiger partial charge is 0.354 e. The van der Waals surface area contributed by atoms with Gasteiger partial charge in [-0.3, -0.25) is 9.59 Å². The van der Waals surface area contributed by atoms with E-state index in [9.17, 15) is 9.59 Å². The molecule has 31 heavy (non-hydrogen) atoms. The third-order valence-electron chi connectivity index (χ3n) is 5.51. The Hall–Kier alpha value is -2.33. The molecule has 2 amide bonds. The van der Waals surface area contributed by atoms with Crippen LogP contribution in [0, 0.1) is 0 Å². The predicted molar refractivity (Wildman–Crippen MR) is 128 cm³/mol. The number of halogens is 1. The van der Waals surface area contributed by atoms with E-state index in [-0.39, 0.29) is 11.8 Å². The molecular formula is C26H35ClN2O2. The average Bonchev–Trinajstić information content (AvgIpc) is 2.77. The summed E-state index contributed by atoms with van der Waals surface area (Å²) in [5.74, 6) is 0.339. The normalized spacial score (nSPS) is 11.9. The third kappa shape index (κ3) is 7.39. The van der Waals surface area contributed by atoms with Crippen LogP contribution in [0.3, 0.4) is 0 Å². The summed E-state index contributed by atoms with van der Waals surface area (Å²) in [6.45, 7) is 9.21. The quantitative estimate of drug-likeness (QED) is 0.483. The molecule has 0 aliphatic rings. The Kier molecular flexibility index (Phi) is 10.1. The van der Waals surface area contributed by atoms with Crippen LogP contribution in [0.1, 0.15) is 69.6 Å². The predicted octanol–water partition coefficient (Wildman–Crippen LogP) is 5.73. The fourth-order valence-corrected chi connectivity index (χ4v) is 3.76. The fourth-order valence-electron chi connectivity index (χ4n) is 3.56. The van der Waals surface area contributed by atoms with Gasteiger partial charge in [-0.05, 0) is 47.9 Å². The standard InChI is InChI=1S/C26H35ClN2O2/c1-5-17-28-26(31)24(6-2)29(18-22-9-7-8-10-23(22)27)25(30)16-13-20-11-14-21(15-12-20)19(3)4/h7-12,14-15,19,24H,5-6,13,16-18H2,1-4H3,(H,28,31)/t24-/m0/s1. The summed E-state index contributed by atoms with van der Waals surface area (Å²) < 4.78 is 0. The van der Waals surface area contributed by atoms with Crippen molar-refractivity contribution in [2.45, 2.75) is 71.9 Å². The lowest BCUT2D eigenvalue weighted by atomic mass is 10.00. The second kappa shape index (κ2) is 12.5. The molecule has 0 saturated carbocycles. The SMILES string of the molecule is CCCNC(=O)[C@H](CC)N(Cc1ccccc1Cl)C(=O)CCc1ccc(C(C)C)cc1. The van der Waals surface area contributed by atoms with Gasteiger partial charge in [-0.25, -0.2) is 0 Å². The molecule has 1 N–H and O–H groups in total. The Morgan fingerprint density at radius 3 is 2.29 bits per heavy atom. The Labute approximate surface area is 192 Å². The summed E-state index contributed by atoms with van der Waals surface area (Å²) in [6.07, 6.45) is 2.40. The molecule has 2 aromatic carbocycles. The van der Waals surface area contributed by atoms with Crippen LogP contribution in [0.5, 0.6) is 0 Å². The highest BCUT2D eigenvalue weighted by molar-refractivity contribution is 6.31. The lowest BCUT2D eigenvalue weighted by Crippen LogP contribution is -2.49. The number of rotatable bonds is 11. The lowest BCUT2D eigenvalue weighted by Gasteiger charge is -2.31. The van der Waals surface area contributed by atoms with E-state index in [2.05, 4.69) is 43.4 Å². The summed E-state index contributed by atoms with van der Waals surface area (Å²) in [4.78, 5) is 27.8. The van der Waals surface area contributed by atoms with Gasteiger partial charge in [0.25, 0.3) is 0 Å². The molecule has 0 aromatic heterocycles. The molecule has 0 unspecified atom stereocenters. The van der Waals surface area contributed by atoms with Gasteiger partial charge in [-0.1, -0.05) is 81.8 Å². The van der Waals surface area contributed by atoms with Crippen LogP contribution in [0.15, 0.2) is 48.5 Å². The van der Waals surface area contributed by atoms with Crippen LogP contribution < -0.4 is 5.32 Å². The first-order valence-corrected chi connectivity index (χ1v) is 11.6. The molecule has 0 radical (unpaired) electrons. The maximum absolute atomic E-state index is 13.3. The van der Waals surface area contributed by atoms with Crippen molar-refractivity contribution in [1.29, 1.82) is 0 Å². The number of carbonyl (C=O) groups is 2. The summed E-state index contributed by atoms with van der Waals surface area (Å²) in [6, 6.07) is 15.4. The number of benzene rings is 2. The summed E-state index contributed by atoms with van der Waals surface area (Å²) in [5, 5.41) is 3.55. The van der Waals surface area contributed by atoms with Crippen LogP contribution in [-0.4, -0.2) is 29.3 Å². The first-order chi connectivity index (χ1) is 14.9. The fraction of sp³-hybridized carbons (Fsp3) is 0.462. The molecule has 0 aliphatic heterocycles. The minimum absolute atomic E-state index is 0.0358. The Balaban J connectivity index is 2.18. The highest BCUT2D eigenvalue weighted by atomic mass is 35.5. The van der Waals surface area contributed by atoms with Gasteiger partial charge in [-0.15, -0.1) is 0 Å². The van der Waals surface area contributed by atoms with Crippen molar-refractivity contribution in [3.8, 4) is 0 Å². The number of aryl methyl sites for hydroxylation is 1. The first-order valence-electron chi connectivity index (χ1n) is 11.3. The molecule has 2 aromatic rings. The molecular weight excluding hydrogens is 408 g/mol. The molecule has 0 aliphatic carbocycles. The van der Waals surface area contributed by atoms with Gasteiger partial charge in [0, 0.05) is 24.5 Å². The van der Waals surface area contributed by atoms with Gasteiger partial charge in [0.05, 0.1) is 0 Å². The molecule has 0 fully saturated rings. The zero-order valence-electron chi connectivity index (χ0n) is 19.2. The van der Waals surface area contributed by atoms with E-state index in [0.717, 1.165) is 17.5 Å². The van der Waals surface area contributed by atoms with Crippen LogP contribution in [0.2, 0.25) is 5.02 Å². The molecule has 0 spiro atoms. The van der Waals surface area contributed by atoms with E-state index < -0.39 is 6.04 Å². The minimum Gasteiger partial charge on any atom is -0.354 e. The molecule has 0 heterocycles. The van der Waals surface area contributed by atoms with Crippen LogP contribution in [-0.2, 0) is 22.6 Å². The smallest absolute Gasteiger partial charge is 0.242 e. The summed E-state index contributed by atoms with van der Waals surface area (Å²) in [7, 11) is 0. The number of nitrogens with one attached hydrogen (secondary N) is 1. The van der Waals surface area contributed by atoms with E-state index in [0.29, 0.717) is 43.3 Å². The number of amides is 2. The van der Waals surface area contributed by atoms with E-state index in [4.69, 9.17) is 11.6 Å². The maximum atomic E-state index is 13.3. The van der Waals surface area contributed by atoms with Crippen molar-refractivity contribution in [3.05, 3.63) is 70.2 Å². The minimum atomic E-state index is -0.515. The summed E-state index contributed by atoms with van der Waals surface area (Å²) in [5.41, 5.74) is 3.26. The Bertz CT molecular complexity index is 849. The zero-order valence-corrected chi connectivity index (χ0v) is 19.9. The molecule has 2 rings (SSSR count). The van der Waals surface area contributed by atoms with Gasteiger partial charge in [-0.2, -0.15) is 0 Å². The van der Waals surface area contributed by atoms with E-state index in [1.54, 1.807) is 4.90 Å². The molecule has 4 nitrogen and oxygen atoms in total. The number of hydrogen-bond donors (Lipinski definition) is 1. The van der Waals surface area contributed by atoms with Gasteiger partial charge in [0.1, 0.15) is 6.04 Å². The van der Waals surface area contributed by atoms with Crippen molar-refractivity contribution in [2.75, 3.05) is 6.54 Å². The Morgan fingerprint density at radius 2 is 1.71 bits per heavy atom. The number of nitrogens with zero attached hydrogens (tertiary/aromatic N) is 1. The van der Waals surface area contributed by atoms with E-state index >= 15 is 0 Å². The topological polar surface area (TPSA) is 49.4 Å². The monoisotopic (exact) mass is 442 g/mol. The van der Waals surface area contributed by atoms with Crippen LogP contribution >= 0.6 is 11.6 Å². The summed E-state index contributed by atoms with van der Waals surface area (Å²) >= 11 is 6.36. The van der Waals surface area contributed by atoms with Gasteiger partial charge in [0.2, 0.25) is 11.8 Å². The van der Waals surface area contributed by atoms with Gasteiger partial charge in [0.15, 0.2) is 0 Å². The van der Waals surface area contributed by atoms with E-state index in [1.165, 1.54) is 5.56 Å². The highest BCUT2D eigenvalue weighted by Gasteiger charge is 2.28. The molecule has 0 saturated heterocycles. The third-order valence-corrected chi connectivity index (χ3v) is 5.88. The maximum Gasteiger partial charge on any atom is 0.242 e. The molecule has 0 bridgehead atoms. The first kappa shape index (κ1) is 24.9. The molecule has 5 heteroatoms. The lowest BCUT2D eigenvalue weighted by molar-refractivity contribution is -0.141. The van der Waals surface area contributed by atoms with Crippen molar-refractivity contribution < 1.29 is 9.59 Å². The second-order valence-corrected chi connectivity index (χ2v) is 8.63. The van der Waals surface area contributed by atoms with Gasteiger partial charge < -0.3 is 10.2 Å². The van der Waals surface area contributed by atoms with Crippen molar-refractivity contribution in [3.63, 3.8) is 0 Å². The zero-order chi connectivity index (χ0) is 22.8. The second-order valence-electron chi connectivity index (χ2n) is 8.22. The van der Waals surface area contributed by atoms with Crippen LogP contribution in [0.4, 0.5) is 0 Å².